The highest BCUT2D eigenvalue weighted by atomic mass is 19.4. The van der Waals surface area contributed by atoms with Crippen LogP contribution in [0.4, 0.5) is 24.5 Å². The lowest BCUT2D eigenvalue weighted by Crippen LogP contribution is -2.40. The van der Waals surface area contributed by atoms with Crippen molar-refractivity contribution in [1.29, 1.82) is 0 Å². The molecule has 0 aliphatic rings. The molecule has 1 aromatic carbocycles. The molecular formula is C12H15F3N2O2. The number of para-hydroxylation sites is 1. The van der Waals surface area contributed by atoms with Crippen LogP contribution < -0.4 is 10.6 Å². The van der Waals surface area contributed by atoms with Crippen LogP contribution in [0.25, 0.3) is 0 Å². The summed E-state index contributed by atoms with van der Waals surface area (Å²) in [5, 5.41) is 9.06. The highest BCUT2D eigenvalue weighted by Gasteiger charge is 2.34. The van der Waals surface area contributed by atoms with Gasteiger partial charge in [-0.2, -0.15) is 13.2 Å². The quantitative estimate of drug-likeness (QED) is 0.830. The minimum atomic E-state index is -4.44. The van der Waals surface area contributed by atoms with Crippen molar-refractivity contribution < 1.29 is 23.1 Å². The molecule has 3 N–H and O–H groups in total. The van der Waals surface area contributed by atoms with E-state index in [0.29, 0.717) is 0 Å². The van der Waals surface area contributed by atoms with Crippen LogP contribution >= 0.6 is 0 Å². The van der Waals surface area contributed by atoms with Gasteiger partial charge in [-0.05, 0) is 26.0 Å². The Morgan fingerprint density at radius 3 is 2.42 bits per heavy atom. The highest BCUT2D eigenvalue weighted by Crippen LogP contribution is 2.32. The van der Waals surface area contributed by atoms with Gasteiger partial charge in [0.2, 0.25) is 0 Å². The summed E-state index contributed by atoms with van der Waals surface area (Å²) in [5.74, 6) is -1.31. The minimum absolute atomic E-state index is 0.0119. The summed E-state index contributed by atoms with van der Waals surface area (Å²) in [6, 6.07) is 3.48. The number of alkyl halides is 3. The van der Waals surface area contributed by atoms with Gasteiger partial charge in [0.1, 0.15) is 6.54 Å². The van der Waals surface area contributed by atoms with Crippen LogP contribution in [0, 0.1) is 0 Å². The molecule has 0 amide bonds. The third-order valence-electron chi connectivity index (χ3n) is 2.56. The number of nitrogen functional groups attached to an aromatic ring is 1. The second-order valence-electron chi connectivity index (χ2n) is 4.39. The largest absolute Gasteiger partial charge is 0.478 e. The Morgan fingerprint density at radius 2 is 2.00 bits per heavy atom. The number of halogens is 3. The summed E-state index contributed by atoms with van der Waals surface area (Å²) in [6.45, 7) is 1.84. The molecule has 0 heterocycles. The smallest absolute Gasteiger partial charge is 0.405 e. The topological polar surface area (TPSA) is 66.6 Å². The standard InChI is InChI=1S/C12H15F3N2O2/c1-7(2)17(6-12(13,14)15)10-8(11(18)19)4-3-5-9(10)16/h3-5,7H,6,16H2,1-2H3,(H,18,19). The molecule has 0 bridgehead atoms. The predicted molar refractivity (Wildman–Crippen MR) is 66.4 cm³/mol. The molecule has 0 aliphatic heterocycles. The molecule has 1 aromatic rings. The van der Waals surface area contributed by atoms with Gasteiger partial charge in [0.15, 0.2) is 0 Å². The second kappa shape index (κ2) is 5.38. The lowest BCUT2D eigenvalue weighted by molar-refractivity contribution is -0.120. The molecule has 0 unspecified atom stereocenters. The summed E-state index contributed by atoms with van der Waals surface area (Å²) in [5.41, 5.74) is 5.32. The summed E-state index contributed by atoms with van der Waals surface area (Å²) in [4.78, 5) is 12.0. The van der Waals surface area contributed by atoms with Gasteiger partial charge in [-0.25, -0.2) is 4.79 Å². The number of nitrogens with two attached hydrogens (primary N) is 1. The lowest BCUT2D eigenvalue weighted by Gasteiger charge is -2.31. The first-order valence-electron chi connectivity index (χ1n) is 5.58. The van der Waals surface area contributed by atoms with Crippen molar-refractivity contribution >= 4 is 17.3 Å². The monoisotopic (exact) mass is 276 g/mol. The number of carbonyl (C=O) groups is 1. The summed E-state index contributed by atoms with van der Waals surface area (Å²) in [6.07, 6.45) is -4.44. The zero-order valence-corrected chi connectivity index (χ0v) is 10.5. The van der Waals surface area contributed by atoms with Crippen LogP contribution in [0.15, 0.2) is 18.2 Å². The highest BCUT2D eigenvalue weighted by molar-refractivity contribution is 5.98. The molecular weight excluding hydrogens is 261 g/mol. The zero-order valence-electron chi connectivity index (χ0n) is 10.5. The minimum Gasteiger partial charge on any atom is -0.478 e. The van der Waals surface area contributed by atoms with Crippen LogP contribution in [0.5, 0.6) is 0 Å². The number of carboxylic acids is 1. The van der Waals surface area contributed by atoms with Gasteiger partial charge in [0.05, 0.1) is 16.9 Å². The van der Waals surface area contributed by atoms with E-state index in [4.69, 9.17) is 10.8 Å². The van der Waals surface area contributed by atoms with Crippen LogP contribution in [0.1, 0.15) is 24.2 Å². The normalized spacial score (nSPS) is 11.7. The SMILES string of the molecule is CC(C)N(CC(F)(F)F)c1c(N)cccc1C(=O)O. The van der Waals surface area contributed by atoms with Crippen LogP contribution in [-0.4, -0.2) is 29.8 Å². The van der Waals surface area contributed by atoms with Crippen molar-refractivity contribution in [2.45, 2.75) is 26.1 Å². The first kappa shape index (κ1) is 15.1. The third kappa shape index (κ3) is 3.77. The number of anilines is 2. The number of hydrogen-bond donors (Lipinski definition) is 2. The Labute approximate surface area is 108 Å². The first-order chi connectivity index (χ1) is 8.63. The van der Waals surface area contributed by atoms with Gasteiger partial charge >= 0.3 is 12.1 Å². The van der Waals surface area contributed by atoms with E-state index < -0.39 is 24.7 Å². The van der Waals surface area contributed by atoms with Crippen molar-refractivity contribution in [1.82, 2.24) is 0 Å². The molecule has 1 rings (SSSR count). The summed E-state index contributed by atoms with van der Waals surface area (Å²) < 4.78 is 37.8. The van der Waals surface area contributed by atoms with Gasteiger partial charge in [-0.15, -0.1) is 0 Å². The predicted octanol–water partition coefficient (Wildman–Crippen LogP) is 2.74. The number of benzene rings is 1. The maximum Gasteiger partial charge on any atom is 0.405 e. The van der Waals surface area contributed by atoms with Gasteiger partial charge in [0, 0.05) is 6.04 Å². The fourth-order valence-electron chi connectivity index (χ4n) is 1.77. The molecule has 7 heteroatoms. The summed E-state index contributed by atoms with van der Waals surface area (Å²) >= 11 is 0. The Bertz CT molecular complexity index is 473. The summed E-state index contributed by atoms with van der Waals surface area (Å²) in [7, 11) is 0. The third-order valence-corrected chi connectivity index (χ3v) is 2.56. The van der Waals surface area contributed by atoms with Crippen LogP contribution in [0.3, 0.4) is 0 Å². The second-order valence-corrected chi connectivity index (χ2v) is 4.39. The number of nitrogens with zero attached hydrogens (tertiary/aromatic N) is 1. The average molecular weight is 276 g/mol. The molecule has 106 valence electrons. The van der Waals surface area contributed by atoms with E-state index in [-0.39, 0.29) is 16.9 Å². The number of rotatable bonds is 4. The molecule has 4 nitrogen and oxygen atoms in total. The van der Waals surface area contributed by atoms with E-state index in [9.17, 15) is 18.0 Å². The fourth-order valence-corrected chi connectivity index (χ4v) is 1.77. The van der Waals surface area contributed by atoms with Gasteiger partial charge in [-0.3, -0.25) is 0 Å². The molecule has 0 spiro atoms. The molecule has 0 aliphatic carbocycles. The van der Waals surface area contributed by atoms with Crippen molar-refractivity contribution in [2.75, 3.05) is 17.2 Å². The van der Waals surface area contributed by atoms with E-state index >= 15 is 0 Å². The Balaban J connectivity index is 3.34. The number of aromatic carboxylic acids is 1. The van der Waals surface area contributed by atoms with E-state index in [2.05, 4.69) is 0 Å². The van der Waals surface area contributed by atoms with Gasteiger partial charge in [0.25, 0.3) is 0 Å². The molecule has 0 radical (unpaired) electrons. The fraction of sp³-hybridized carbons (Fsp3) is 0.417. The Morgan fingerprint density at radius 1 is 1.42 bits per heavy atom. The molecule has 0 saturated heterocycles. The van der Waals surface area contributed by atoms with E-state index in [0.717, 1.165) is 4.90 Å². The number of hydrogen-bond acceptors (Lipinski definition) is 3. The van der Waals surface area contributed by atoms with Gasteiger partial charge in [-0.1, -0.05) is 6.07 Å². The van der Waals surface area contributed by atoms with E-state index in [1.54, 1.807) is 13.8 Å². The van der Waals surface area contributed by atoms with E-state index in [1.165, 1.54) is 18.2 Å². The number of carboxylic acid groups (broad SMARTS) is 1. The van der Waals surface area contributed by atoms with Gasteiger partial charge < -0.3 is 15.7 Å². The Hall–Kier alpha value is -1.92. The Kier molecular flexibility index (Phi) is 4.28. The molecule has 19 heavy (non-hydrogen) atoms. The maximum absolute atomic E-state index is 12.6. The molecule has 0 atom stereocenters. The van der Waals surface area contributed by atoms with Crippen molar-refractivity contribution in [3.8, 4) is 0 Å². The molecule has 0 saturated carbocycles. The van der Waals surface area contributed by atoms with Crippen LogP contribution in [-0.2, 0) is 0 Å². The molecule has 0 fully saturated rings. The van der Waals surface area contributed by atoms with Crippen molar-refractivity contribution in [3.63, 3.8) is 0 Å². The maximum atomic E-state index is 12.6. The first-order valence-corrected chi connectivity index (χ1v) is 5.58. The lowest BCUT2D eigenvalue weighted by atomic mass is 10.1. The zero-order chi connectivity index (χ0) is 14.8. The van der Waals surface area contributed by atoms with Crippen LogP contribution in [0.2, 0.25) is 0 Å². The van der Waals surface area contributed by atoms with Crippen molar-refractivity contribution in [2.24, 2.45) is 0 Å². The molecule has 0 aromatic heterocycles. The van der Waals surface area contributed by atoms with Crippen molar-refractivity contribution in [3.05, 3.63) is 23.8 Å². The van der Waals surface area contributed by atoms with E-state index in [1.807, 2.05) is 0 Å². The average Bonchev–Trinajstić information content (AvgIpc) is 2.24.